The highest BCUT2D eigenvalue weighted by molar-refractivity contribution is 7.91. The molecule has 1 aromatic rings. The Bertz CT molecular complexity index is 750. The lowest BCUT2D eigenvalue weighted by molar-refractivity contribution is -0.115. The molecule has 1 aromatic carbocycles. The number of hydrogen-bond donors (Lipinski definition) is 2. The van der Waals surface area contributed by atoms with Gasteiger partial charge in [-0.05, 0) is 30.7 Å². The fraction of sp³-hybridized carbons (Fsp3) is 0.357. The highest BCUT2D eigenvalue weighted by atomic mass is 32.2. The van der Waals surface area contributed by atoms with Gasteiger partial charge in [-0.2, -0.15) is 10.4 Å². The normalized spacial score (nSPS) is 19.7. The predicted octanol–water partition coefficient (Wildman–Crippen LogP) is 0.290. The van der Waals surface area contributed by atoms with Crippen LogP contribution >= 0.6 is 0 Å². The summed E-state index contributed by atoms with van der Waals surface area (Å²) in [7, 11) is -1.56. The maximum atomic E-state index is 11.9. The molecule has 0 aliphatic carbocycles. The second kappa shape index (κ2) is 7.11. The molecule has 2 rings (SSSR count). The van der Waals surface area contributed by atoms with E-state index in [4.69, 9.17) is 10.00 Å². The van der Waals surface area contributed by atoms with E-state index in [-0.39, 0.29) is 17.2 Å². The van der Waals surface area contributed by atoms with Gasteiger partial charge in [-0.25, -0.2) is 8.42 Å². The number of benzene rings is 1. The number of amides is 1. The Morgan fingerprint density at radius 3 is 2.61 bits per heavy atom. The van der Waals surface area contributed by atoms with Crippen molar-refractivity contribution in [2.24, 2.45) is 5.10 Å². The zero-order valence-electron chi connectivity index (χ0n) is 12.4. The van der Waals surface area contributed by atoms with E-state index in [1.54, 1.807) is 37.4 Å². The number of sulfone groups is 1. The first-order valence-corrected chi connectivity index (χ1v) is 8.65. The molecule has 1 aliphatic rings. The minimum atomic E-state index is -3.10. The molecule has 1 fully saturated rings. The first kappa shape index (κ1) is 16.8. The van der Waals surface area contributed by atoms with Gasteiger partial charge in [0.25, 0.3) is 5.91 Å². The summed E-state index contributed by atoms with van der Waals surface area (Å²) in [6, 6.07) is 7.97. The van der Waals surface area contributed by atoms with Crippen molar-refractivity contribution >= 4 is 27.1 Å². The van der Waals surface area contributed by atoms with Crippen LogP contribution in [0.1, 0.15) is 6.42 Å². The van der Waals surface area contributed by atoms with Crippen molar-refractivity contribution in [2.45, 2.75) is 12.5 Å². The van der Waals surface area contributed by atoms with E-state index >= 15 is 0 Å². The van der Waals surface area contributed by atoms with Crippen molar-refractivity contribution < 1.29 is 17.9 Å². The van der Waals surface area contributed by atoms with Crippen molar-refractivity contribution in [3.05, 3.63) is 24.3 Å². The molecule has 0 unspecified atom stereocenters. The SMILES string of the molecule is COc1ccc(N/N=C(\C#N)C(=O)N[C@@H]2CCS(=O)(=O)C2)cc1. The van der Waals surface area contributed by atoms with E-state index in [1.807, 2.05) is 0 Å². The zero-order valence-corrected chi connectivity index (χ0v) is 13.3. The van der Waals surface area contributed by atoms with E-state index < -0.39 is 21.8 Å². The van der Waals surface area contributed by atoms with Gasteiger partial charge in [-0.1, -0.05) is 0 Å². The quantitative estimate of drug-likeness (QED) is 0.589. The number of carbonyl (C=O) groups excluding carboxylic acids is 1. The summed E-state index contributed by atoms with van der Waals surface area (Å²) in [5, 5.41) is 15.3. The lowest BCUT2D eigenvalue weighted by Crippen LogP contribution is -2.39. The molecule has 9 heteroatoms. The summed E-state index contributed by atoms with van der Waals surface area (Å²) in [6.45, 7) is 0. The highest BCUT2D eigenvalue weighted by Crippen LogP contribution is 2.15. The van der Waals surface area contributed by atoms with Crippen LogP contribution in [-0.4, -0.2) is 44.7 Å². The number of carbonyl (C=O) groups is 1. The Morgan fingerprint density at radius 1 is 1.39 bits per heavy atom. The monoisotopic (exact) mass is 336 g/mol. The van der Waals surface area contributed by atoms with Crippen LogP contribution in [0.2, 0.25) is 0 Å². The third kappa shape index (κ3) is 4.69. The maximum Gasteiger partial charge on any atom is 0.282 e. The molecule has 0 spiro atoms. The summed E-state index contributed by atoms with van der Waals surface area (Å²) in [4.78, 5) is 11.9. The van der Waals surface area contributed by atoms with Gasteiger partial charge in [0.15, 0.2) is 9.84 Å². The van der Waals surface area contributed by atoms with Crippen molar-refractivity contribution in [3.63, 3.8) is 0 Å². The molecule has 23 heavy (non-hydrogen) atoms. The first-order valence-electron chi connectivity index (χ1n) is 6.82. The molecule has 1 aliphatic heterocycles. The van der Waals surface area contributed by atoms with Crippen LogP contribution in [0, 0.1) is 11.3 Å². The topological polar surface area (TPSA) is 121 Å². The van der Waals surface area contributed by atoms with Gasteiger partial charge in [-0.3, -0.25) is 10.2 Å². The standard InChI is InChI=1S/C14H16N4O4S/c1-22-12-4-2-10(3-5-12)17-18-13(8-15)14(19)16-11-6-7-23(20,21)9-11/h2-5,11,17H,6-7,9H2,1H3,(H,16,19)/b18-13+/t11-/m1/s1. The molecular formula is C14H16N4O4S. The zero-order chi connectivity index (χ0) is 16.9. The van der Waals surface area contributed by atoms with Gasteiger partial charge in [-0.15, -0.1) is 0 Å². The molecule has 0 aromatic heterocycles. The Kier molecular flexibility index (Phi) is 5.18. The van der Waals surface area contributed by atoms with Gasteiger partial charge < -0.3 is 10.1 Å². The molecule has 122 valence electrons. The van der Waals surface area contributed by atoms with Crippen LogP contribution in [0.5, 0.6) is 5.75 Å². The van der Waals surface area contributed by atoms with Crippen molar-refractivity contribution in [2.75, 3.05) is 24.0 Å². The number of anilines is 1. The number of methoxy groups -OCH3 is 1. The van der Waals surface area contributed by atoms with Crippen LogP contribution in [0.25, 0.3) is 0 Å². The number of hydrazone groups is 1. The fourth-order valence-electron chi connectivity index (χ4n) is 2.08. The molecule has 0 saturated carbocycles. The number of nitrogens with one attached hydrogen (secondary N) is 2. The summed E-state index contributed by atoms with van der Waals surface area (Å²) in [5.74, 6) is -0.0967. The van der Waals surface area contributed by atoms with Crippen LogP contribution in [0.15, 0.2) is 29.4 Å². The molecule has 0 bridgehead atoms. The van der Waals surface area contributed by atoms with Gasteiger partial charge in [0.2, 0.25) is 5.71 Å². The Hall–Kier alpha value is -2.60. The first-order chi connectivity index (χ1) is 10.9. The van der Waals surface area contributed by atoms with E-state index in [2.05, 4.69) is 15.8 Å². The van der Waals surface area contributed by atoms with Crippen LogP contribution in [0.4, 0.5) is 5.69 Å². The average Bonchev–Trinajstić information content (AvgIpc) is 2.87. The highest BCUT2D eigenvalue weighted by Gasteiger charge is 2.29. The number of nitriles is 1. The fourth-order valence-corrected chi connectivity index (χ4v) is 3.75. The average molecular weight is 336 g/mol. The van der Waals surface area contributed by atoms with Crippen LogP contribution in [-0.2, 0) is 14.6 Å². The Labute approximate surface area is 134 Å². The van der Waals surface area contributed by atoms with E-state index in [0.29, 0.717) is 17.9 Å². The lowest BCUT2D eigenvalue weighted by atomic mass is 10.2. The molecule has 1 amide bonds. The van der Waals surface area contributed by atoms with Gasteiger partial charge in [0.05, 0.1) is 24.3 Å². The number of hydrogen-bond acceptors (Lipinski definition) is 7. The van der Waals surface area contributed by atoms with E-state index in [1.165, 1.54) is 0 Å². The molecular weight excluding hydrogens is 320 g/mol. The predicted molar refractivity (Wildman–Crippen MR) is 84.9 cm³/mol. The summed E-state index contributed by atoms with van der Waals surface area (Å²) in [6.07, 6.45) is 0.346. The molecule has 2 N–H and O–H groups in total. The van der Waals surface area contributed by atoms with Crippen molar-refractivity contribution in [1.82, 2.24) is 5.32 Å². The smallest absolute Gasteiger partial charge is 0.282 e. The molecule has 8 nitrogen and oxygen atoms in total. The van der Waals surface area contributed by atoms with Gasteiger partial charge >= 0.3 is 0 Å². The number of ether oxygens (including phenoxy) is 1. The van der Waals surface area contributed by atoms with Crippen molar-refractivity contribution in [3.8, 4) is 11.8 Å². The minimum Gasteiger partial charge on any atom is -0.497 e. The van der Waals surface area contributed by atoms with Crippen LogP contribution < -0.4 is 15.5 Å². The van der Waals surface area contributed by atoms with Gasteiger partial charge in [0, 0.05) is 6.04 Å². The van der Waals surface area contributed by atoms with E-state index in [9.17, 15) is 13.2 Å². The minimum absolute atomic E-state index is 0.0427. The van der Waals surface area contributed by atoms with E-state index in [0.717, 1.165) is 0 Å². The third-order valence-corrected chi connectivity index (χ3v) is 5.04. The largest absolute Gasteiger partial charge is 0.497 e. The third-order valence-electron chi connectivity index (χ3n) is 3.28. The molecule has 1 heterocycles. The molecule has 1 saturated heterocycles. The van der Waals surface area contributed by atoms with Crippen LogP contribution in [0.3, 0.4) is 0 Å². The second-order valence-electron chi connectivity index (χ2n) is 4.99. The Morgan fingerprint density at radius 2 is 2.09 bits per heavy atom. The maximum absolute atomic E-state index is 11.9. The second-order valence-corrected chi connectivity index (χ2v) is 7.21. The summed E-state index contributed by atoms with van der Waals surface area (Å²) in [5.41, 5.74) is 2.81. The van der Waals surface area contributed by atoms with Crippen molar-refractivity contribution in [1.29, 1.82) is 5.26 Å². The molecule has 1 atom stereocenters. The summed E-state index contributed by atoms with van der Waals surface area (Å²) < 4.78 is 27.7. The Balaban J connectivity index is 1.97. The number of rotatable bonds is 5. The summed E-state index contributed by atoms with van der Waals surface area (Å²) >= 11 is 0. The number of nitrogens with zero attached hydrogens (tertiary/aromatic N) is 2. The van der Waals surface area contributed by atoms with Gasteiger partial charge in [0.1, 0.15) is 11.8 Å². The molecule has 0 radical (unpaired) electrons. The lowest BCUT2D eigenvalue weighted by Gasteiger charge is -2.09.